The third-order valence-electron chi connectivity index (χ3n) is 2.16. The van der Waals surface area contributed by atoms with Crippen LogP contribution in [0.4, 0.5) is 0 Å². The lowest BCUT2D eigenvalue weighted by Gasteiger charge is -2.10. The maximum Gasteiger partial charge on any atom is 0.234 e. The third kappa shape index (κ3) is 5.06. The summed E-state index contributed by atoms with van der Waals surface area (Å²) in [6.07, 6.45) is 0. The van der Waals surface area contributed by atoms with E-state index in [-0.39, 0.29) is 5.91 Å². The molecular weight excluding hydrogens is 240 g/mol. The molecule has 0 radical (unpaired) electrons. The van der Waals surface area contributed by atoms with Gasteiger partial charge >= 0.3 is 0 Å². The Hall–Kier alpha value is -1.26. The quantitative estimate of drug-likeness (QED) is 0.756. The largest absolute Gasteiger partial charge is 0.491 e. The Labute approximate surface area is 106 Å². The SMILES string of the molecule is CNCC(=O)NCCOc1ccc(Cl)cc1C. The summed E-state index contributed by atoms with van der Waals surface area (Å²) in [6.45, 7) is 3.18. The van der Waals surface area contributed by atoms with Crippen molar-refractivity contribution in [2.75, 3.05) is 26.7 Å². The van der Waals surface area contributed by atoms with Crippen molar-refractivity contribution in [3.8, 4) is 5.75 Å². The number of carbonyl (C=O) groups excluding carboxylic acids is 1. The molecule has 0 aliphatic rings. The molecule has 5 heteroatoms. The molecule has 17 heavy (non-hydrogen) atoms. The number of benzene rings is 1. The van der Waals surface area contributed by atoms with Crippen molar-refractivity contribution in [1.29, 1.82) is 0 Å². The minimum Gasteiger partial charge on any atom is -0.491 e. The van der Waals surface area contributed by atoms with E-state index in [1.54, 1.807) is 13.1 Å². The predicted molar refractivity (Wildman–Crippen MR) is 68.6 cm³/mol. The lowest BCUT2D eigenvalue weighted by atomic mass is 10.2. The lowest BCUT2D eigenvalue weighted by molar-refractivity contribution is -0.120. The van der Waals surface area contributed by atoms with Crippen LogP contribution in [0.25, 0.3) is 0 Å². The summed E-state index contributed by atoms with van der Waals surface area (Å²) in [7, 11) is 1.73. The second-order valence-electron chi connectivity index (χ2n) is 3.64. The number of nitrogens with one attached hydrogen (secondary N) is 2. The van der Waals surface area contributed by atoms with Gasteiger partial charge in [0.15, 0.2) is 0 Å². The third-order valence-corrected chi connectivity index (χ3v) is 2.39. The number of halogens is 1. The number of hydrogen-bond donors (Lipinski definition) is 2. The topological polar surface area (TPSA) is 50.4 Å². The zero-order valence-corrected chi connectivity index (χ0v) is 10.8. The van der Waals surface area contributed by atoms with E-state index in [0.29, 0.717) is 24.7 Å². The van der Waals surface area contributed by atoms with Crippen LogP contribution in [0, 0.1) is 6.92 Å². The Bertz CT molecular complexity index is 383. The normalized spacial score (nSPS) is 10.1. The van der Waals surface area contributed by atoms with E-state index in [0.717, 1.165) is 11.3 Å². The van der Waals surface area contributed by atoms with Crippen LogP contribution in [-0.2, 0) is 4.79 Å². The van der Waals surface area contributed by atoms with Crippen LogP contribution in [0.2, 0.25) is 5.02 Å². The number of aryl methyl sites for hydroxylation is 1. The number of amides is 1. The Morgan fingerprint density at radius 3 is 2.88 bits per heavy atom. The summed E-state index contributed by atoms with van der Waals surface area (Å²) in [5.74, 6) is 0.751. The number of ether oxygens (including phenoxy) is 1. The number of likely N-dealkylation sites (N-methyl/N-ethyl adjacent to an activating group) is 1. The van der Waals surface area contributed by atoms with E-state index in [9.17, 15) is 4.79 Å². The van der Waals surface area contributed by atoms with Crippen molar-refractivity contribution < 1.29 is 9.53 Å². The van der Waals surface area contributed by atoms with Gasteiger partial charge in [-0.2, -0.15) is 0 Å². The highest BCUT2D eigenvalue weighted by Crippen LogP contribution is 2.21. The standard InChI is InChI=1S/C12H17ClN2O2/c1-9-7-10(13)3-4-11(9)17-6-5-15-12(16)8-14-2/h3-4,7,14H,5-6,8H2,1-2H3,(H,15,16). The van der Waals surface area contributed by atoms with E-state index >= 15 is 0 Å². The first-order valence-corrected chi connectivity index (χ1v) is 5.81. The van der Waals surface area contributed by atoms with Gasteiger partial charge in [0.1, 0.15) is 12.4 Å². The van der Waals surface area contributed by atoms with Gasteiger partial charge in [-0.25, -0.2) is 0 Å². The smallest absolute Gasteiger partial charge is 0.234 e. The van der Waals surface area contributed by atoms with Crippen LogP contribution >= 0.6 is 11.6 Å². The van der Waals surface area contributed by atoms with Gasteiger partial charge in [0, 0.05) is 5.02 Å². The molecule has 0 bridgehead atoms. The molecule has 0 atom stereocenters. The lowest BCUT2D eigenvalue weighted by Crippen LogP contribution is -2.34. The number of hydrogen-bond acceptors (Lipinski definition) is 3. The average molecular weight is 257 g/mol. The number of rotatable bonds is 6. The molecular formula is C12H17ClN2O2. The van der Waals surface area contributed by atoms with Crippen LogP contribution in [0.15, 0.2) is 18.2 Å². The minimum atomic E-state index is -0.0380. The highest BCUT2D eigenvalue weighted by molar-refractivity contribution is 6.30. The molecule has 0 aliphatic carbocycles. The Kier molecular flexibility index (Phi) is 5.80. The molecule has 0 spiro atoms. The molecule has 0 unspecified atom stereocenters. The molecule has 1 amide bonds. The van der Waals surface area contributed by atoms with E-state index in [4.69, 9.17) is 16.3 Å². The fourth-order valence-electron chi connectivity index (χ4n) is 1.35. The molecule has 0 saturated carbocycles. The van der Waals surface area contributed by atoms with Crippen LogP contribution in [-0.4, -0.2) is 32.7 Å². The van der Waals surface area contributed by atoms with Gasteiger partial charge in [-0.15, -0.1) is 0 Å². The summed E-state index contributed by atoms with van der Waals surface area (Å²) < 4.78 is 5.53. The second-order valence-corrected chi connectivity index (χ2v) is 4.07. The Balaban J connectivity index is 2.29. The average Bonchev–Trinajstić information content (AvgIpc) is 2.27. The Morgan fingerprint density at radius 2 is 2.24 bits per heavy atom. The zero-order valence-electron chi connectivity index (χ0n) is 10.0. The first-order chi connectivity index (χ1) is 8.13. The molecule has 0 heterocycles. The van der Waals surface area contributed by atoms with Crippen molar-refractivity contribution in [3.63, 3.8) is 0 Å². The van der Waals surface area contributed by atoms with Gasteiger partial charge in [-0.1, -0.05) is 11.6 Å². The molecule has 2 N–H and O–H groups in total. The molecule has 0 fully saturated rings. The fourth-order valence-corrected chi connectivity index (χ4v) is 1.58. The minimum absolute atomic E-state index is 0.0380. The molecule has 0 saturated heterocycles. The van der Waals surface area contributed by atoms with Gasteiger partial charge in [0.25, 0.3) is 0 Å². The summed E-state index contributed by atoms with van der Waals surface area (Å²) >= 11 is 5.84. The number of carbonyl (C=O) groups is 1. The van der Waals surface area contributed by atoms with Crippen molar-refractivity contribution in [1.82, 2.24) is 10.6 Å². The van der Waals surface area contributed by atoms with Crippen molar-refractivity contribution in [2.24, 2.45) is 0 Å². The van der Waals surface area contributed by atoms with Crippen LogP contribution in [0.1, 0.15) is 5.56 Å². The molecule has 1 rings (SSSR count). The first kappa shape index (κ1) is 13.8. The maximum atomic E-state index is 11.1. The van der Waals surface area contributed by atoms with Crippen molar-refractivity contribution >= 4 is 17.5 Å². The van der Waals surface area contributed by atoms with E-state index in [1.807, 2.05) is 19.1 Å². The fraction of sp³-hybridized carbons (Fsp3) is 0.417. The highest BCUT2D eigenvalue weighted by Gasteiger charge is 2.01. The molecule has 0 aromatic heterocycles. The summed E-state index contributed by atoms with van der Waals surface area (Å²) in [6, 6.07) is 5.45. The van der Waals surface area contributed by atoms with Crippen molar-refractivity contribution in [2.45, 2.75) is 6.92 Å². The molecule has 0 aliphatic heterocycles. The van der Waals surface area contributed by atoms with E-state index in [1.165, 1.54) is 0 Å². The molecule has 1 aromatic rings. The van der Waals surface area contributed by atoms with E-state index in [2.05, 4.69) is 10.6 Å². The van der Waals surface area contributed by atoms with Gasteiger partial charge in [0.05, 0.1) is 13.1 Å². The Morgan fingerprint density at radius 1 is 1.47 bits per heavy atom. The summed E-state index contributed by atoms with van der Waals surface area (Å²) in [5, 5.41) is 6.20. The predicted octanol–water partition coefficient (Wildman–Crippen LogP) is 1.36. The second kappa shape index (κ2) is 7.14. The first-order valence-electron chi connectivity index (χ1n) is 5.43. The maximum absolute atomic E-state index is 11.1. The molecule has 4 nitrogen and oxygen atoms in total. The summed E-state index contributed by atoms with van der Waals surface area (Å²) in [4.78, 5) is 11.1. The van der Waals surface area contributed by atoms with Gasteiger partial charge in [-0.05, 0) is 37.7 Å². The summed E-state index contributed by atoms with van der Waals surface area (Å²) in [5.41, 5.74) is 0.985. The zero-order chi connectivity index (χ0) is 12.7. The van der Waals surface area contributed by atoms with E-state index < -0.39 is 0 Å². The van der Waals surface area contributed by atoms with Gasteiger partial charge < -0.3 is 15.4 Å². The van der Waals surface area contributed by atoms with Crippen LogP contribution < -0.4 is 15.4 Å². The van der Waals surface area contributed by atoms with Crippen molar-refractivity contribution in [3.05, 3.63) is 28.8 Å². The van der Waals surface area contributed by atoms with Gasteiger partial charge in [-0.3, -0.25) is 4.79 Å². The van der Waals surface area contributed by atoms with Gasteiger partial charge in [0.2, 0.25) is 5.91 Å². The molecule has 94 valence electrons. The van der Waals surface area contributed by atoms with Crippen LogP contribution in [0.5, 0.6) is 5.75 Å². The highest BCUT2D eigenvalue weighted by atomic mass is 35.5. The molecule has 1 aromatic carbocycles. The van der Waals surface area contributed by atoms with Crippen LogP contribution in [0.3, 0.4) is 0 Å². The monoisotopic (exact) mass is 256 g/mol.